The Morgan fingerprint density at radius 2 is 1.61 bits per heavy atom. The Morgan fingerprint density at radius 1 is 0.903 bits per heavy atom. The van der Waals surface area contributed by atoms with E-state index in [0.717, 1.165) is 37.5 Å². The third-order valence-corrected chi connectivity index (χ3v) is 9.45. The first-order chi connectivity index (χ1) is 15.2. The van der Waals surface area contributed by atoms with Crippen LogP contribution in [0.15, 0.2) is 23.3 Å². The van der Waals surface area contributed by atoms with Gasteiger partial charge in [-0.2, -0.15) is 0 Å². The summed E-state index contributed by atoms with van der Waals surface area (Å²) >= 11 is 0. The summed E-state index contributed by atoms with van der Waals surface area (Å²) in [5.74, 6) is 3.36. The van der Waals surface area contributed by atoms with Gasteiger partial charge in [-0.3, -0.25) is 4.79 Å². The molecular formula is C28H42O3. The number of carbonyl (C=O) groups is 1. The lowest BCUT2D eigenvalue weighted by atomic mass is 9.64. The molecule has 0 heterocycles. The van der Waals surface area contributed by atoms with Crippen molar-refractivity contribution in [3.63, 3.8) is 0 Å². The topological polar surface area (TPSA) is 46.5 Å². The number of carbonyl (C=O) groups excluding carboxylic acids is 1. The molecule has 4 atom stereocenters. The van der Waals surface area contributed by atoms with Gasteiger partial charge in [0.15, 0.2) is 5.78 Å². The minimum atomic E-state index is -0.201. The van der Waals surface area contributed by atoms with Crippen LogP contribution in [0, 0.1) is 29.6 Å². The van der Waals surface area contributed by atoms with Gasteiger partial charge in [-0.1, -0.05) is 57.1 Å². The first kappa shape index (κ1) is 21.9. The van der Waals surface area contributed by atoms with Crippen LogP contribution < -0.4 is 0 Å². The van der Waals surface area contributed by atoms with Crippen molar-refractivity contribution < 1.29 is 14.6 Å². The third-order valence-electron chi connectivity index (χ3n) is 9.45. The second kappa shape index (κ2) is 9.91. The van der Waals surface area contributed by atoms with Crippen LogP contribution in [0.25, 0.3) is 0 Å². The van der Waals surface area contributed by atoms with Crippen LogP contribution in [-0.2, 0) is 9.53 Å². The summed E-state index contributed by atoms with van der Waals surface area (Å²) in [5.41, 5.74) is 2.79. The molecule has 0 aliphatic heterocycles. The smallest absolute Gasteiger partial charge is 0.161 e. The highest BCUT2D eigenvalue weighted by Crippen LogP contribution is 2.47. The zero-order valence-corrected chi connectivity index (χ0v) is 19.3. The van der Waals surface area contributed by atoms with E-state index in [1.165, 1.54) is 81.8 Å². The van der Waals surface area contributed by atoms with E-state index in [9.17, 15) is 9.90 Å². The first-order valence-corrected chi connectivity index (χ1v) is 13.4. The van der Waals surface area contributed by atoms with E-state index in [-0.39, 0.29) is 24.7 Å². The minimum absolute atomic E-state index is 0.00798. The van der Waals surface area contributed by atoms with E-state index in [4.69, 9.17) is 4.74 Å². The molecule has 0 aromatic carbocycles. The highest BCUT2D eigenvalue weighted by atomic mass is 16.5. The number of ketones is 1. The van der Waals surface area contributed by atoms with Gasteiger partial charge in [0.1, 0.15) is 6.61 Å². The molecule has 172 valence electrons. The molecule has 0 saturated heterocycles. The van der Waals surface area contributed by atoms with E-state index in [0.29, 0.717) is 17.6 Å². The molecule has 0 radical (unpaired) electrons. The fraction of sp³-hybridized carbons (Fsp3) is 0.821. The fourth-order valence-corrected chi connectivity index (χ4v) is 7.66. The highest BCUT2D eigenvalue weighted by molar-refractivity contribution is 5.82. The summed E-state index contributed by atoms with van der Waals surface area (Å²) in [6.07, 6.45) is 22.8. The second-order valence-corrected chi connectivity index (χ2v) is 11.2. The predicted octanol–water partition coefficient (Wildman–Crippen LogP) is 6.15. The molecule has 1 N–H and O–H groups in total. The lowest BCUT2D eigenvalue weighted by Crippen LogP contribution is -2.38. The predicted molar refractivity (Wildman–Crippen MR) is 124 cm³/mol. The molecule has 4 fully saturated rings. The monoisotopic (exact) mass is 426 g/mol. The zero-order chi connectivity index (χ0) is 21.2. The Hall–Kier alpha value is -0.930. The molecule has 3 nitrogen and oxygen atoms in total. The normalized spacial score (nSPS) is 39.1. The average molecular weight is 427 g/mol. The van der Waals surface area contributed by atoms with Crippen LogP contribution in [0.3, 0.4) is 0 Å². The lowest BCUT2D eigenvalue weighted by molar-refractivity contribution is -0.130. The molecule has 5 aliphatic rings. The molecule has 5 aliphatic carbocycles. The summed E-state index contributed by atoms with van der Waals surface area (Å²) in [6.45, 7) is 0.269. The maximum atomic E-state index is 12.8. The maximum Gasteiger partial charge on any atom is 0.161 e. The maximum absolute atomic E-state index is 12.8. The Labute approximate surface area is 188 Å². The van der Waals surface area contributed by atoms with Crippen molar-refractivity contribution >= 4 is 5.78 Å². The largest absolute Gasteiger partial charge is 0.392 e. The molecule has 0 aromatic heterocycles. The van der Waals surface area contributed by atoms with Gasteiger partial charge >= 0.3 is 0 Å². The number of aliphatic hydroxyl groups excluding tert-OH is 1. The second-order valence-electron chi connectivity index (χ2n) is 11.2. The number of allylic oxidation sites excluding steroid dienone is 1. The molecule has 5 rings (SSSR count). The van der Waals surface area contributed by atoms with Crippen molar-refractivity contribution in [2.24, 2.45) is 29.6 Å². The Morgan fingerprint density at radius 3 is 2.42 bits per heavy atom. The van der Waals surface area contributed by atoms with Crippen LogP contribution in [0.5, 0.6) is 0 Å². The van der Waals surface area contributed by atoms with Crippen molar-refractivity contribution in [2.45, 2.75) is 109 Å². The lowest BCUT2D eigenvalue weighted by Gasteiger charge is -2.43. The van der Waals surface area contributed by atoms with Crippen LogP contribution in [0.1, 0.15) is 96.3 Å². The zero-order valence-electron chi connectivity index (χ0n) is 19.3. The van der Waals surface area contributed by atoms with E-state index in [2.05, 4.69) is 12.2 Å². The van der Waals surface area contributed by atoms with Crippen LogP contribution in [-0.4, -0.2) is 29.7 Å². The van der Waals surface area contributed by atoms with Crippen molar-refractivity contribution in [1.82, 2.24) is 0 Å². The molecule has 0 bridgehead atoms. The SMILES string of the molecule is O=C(COC1C=C2CC(O)C3CCCCC3C2=CC1)C1CCC(C2CCCCC2)CC1. The number of hydrogen-bond donors (Lipinski definition) is 1. The summed E-state index contributed by atoms with van der Waals surface area (Å²) in [4.78, 5) is 12.8. The van der Waals surface area contributed by atoms with Crippen LogP contribution >= 0.6 is 0 Å². The van der Waals surface area contributed by atoms with E-state index in [1.807, 2.05) is 0 Å². The summed E-state index contributed by atoms with van der Waals surface area (Å²) in [7, 11) is 0. The Kier molecular flexibility index (Phi) is 7.00. The molecular weight excluding hydrogens is 384 g/mol. The van der Waals surface area contributed by atoms with Crippen molar-refractivity contribution in [3.8, 4) is 0 Å². The molecule has 0 amide bonds. The van der Waals surface area contributed by atoms with Gasteiger partial charge < -0.3 is 9.84 Å². The average Bonchev–Trinajstić information content (AvgIpc) is 2.83. The molecule has 4 saturated carbocycles. The van der Waals surface area contributed by atoms with Gasteiger partial charge in [-0.05, 0) is 86.2 Å². The number of aliphatic hydroxyl groups is 1. The van der Waals surface area contributed by atoms with Gasteiger partial charge in [-0.15, -0.1) is 0 Å². The van der Waals surface area contributed by atoms with E-state index >= 15 is 0 Å². The van der Waals surface area contributed by atoms with Gasteiger partial charge in [0.2, 0.25) is 0 Å². The van der Waals surface area contributed by atoms with Gasteiger partial charge in [0.05, 0.1) is 12.2 Å². The van der Waals surface area contributed by atoms with Gasteiger partial charge in [-0.25, -0.2) is 0 Å². The van der Waals surface area contributed by atoms with Crippen LogP contribution in [0.2, 0.25) is 0 Å². The third kappa shape index (κ3) is 4.88. The first-order valence-electron chi connectivity index (χ1n) is 13.4. The summed E-state index contributed by atoms with van der Waals surface area (Å²) < 4.78 is 6.11. The highest BCUT2D eigenvalue weighted by Gasteiger charge is 2.40. The van der Waals surface area contributed by atoms with E-state index < -0.39 is 0 Å². The molecule has 0 aromatic rings. The number of rotatable bonds is 5. The number of Topliss-reactive ketones (excluding diaryl/α,β-unsaturated/α-hetero) is 1. The Balaban J connectivity index is 1.10. The van der Waals surface area contributed by atoms with Crippen LogP contribution in [0.4, 0.5) is 0 Å². The number of fused-ring (bicyclic) bond motifs is 3. The number of hydrogen-bond acceptors (Lipinski definition) is 3. The molecule has 3 heteroatoms. The van der Waals surface area contributed by atoms with Gasteiger partial charge in [0.25, 0.3) is 0 Å². The summed E-state index contributed by atoms with van der Waals surface area (Å²) in [5, 5.41) is 10.7. The molecule has 31 heavy (non-hydrogen) atoms. The Bertz CT molecular complexity index is 693. The van der Waals surface area contributed by atoms with Gasteiger partial charge in [0, 0.05) is 5.92 Å². The molecule has 0 spiro atoms. The van der Waals surface area contributed by atoms with E-state index in [1.54, 1.807) is 0 Å². The van der Waals surface area contributed by atoms with Crippen molar-refractivity contribution in [1.29, 1.82) is 0 Å². The standard InChI is InChI=1S/C28H42O3/c29-27-17-22-16-23(14-15-24(22)25-8-4-5-9-26(25)27)31-18-28(30)21-12-10-20(11-13-21)19-6-2-1-3-7-19/h15-16,19-21,23,25-27,29H,1-14,17-18H2. The number of ether oxygens (including phenoxy) is 1. The molecule has 4 unspecified atom stereocenters. The quantitative estimate of drug-likeness (QED) is 0.573. The minimum Gasteiger partial charge on any atom is -0.392 e. The van der Waals surface area contributed by atoms with Crippen molar-refractivity contribution in [2.75, 3.05) is 6.61 Å². The summed E-state index contributed by atoms with van der Waals surface area (Å²) in [6, 6.07) is 0. The van der Waals surface area contributed by atoms with Crippen molar-refractivity contribution in [3.05, 3.63) is 23.3 Å². The fourth-order valence-electron chi connectivity index (χ4n) is 7.66.